The van der Waals surface area contributed by atoms with E-state index in [2.05, 4.69) is 35.9 Å². The fourth-order valence-electron chi connectivity index (χ4n) is 2.70. The van der Waals surface area contributed by atoms with Gasteiger partial charge in [-0.15, -0.1) is 21.5 Å². The van der Waals surface area contributed by atoms with E-state index in [1.165, 1.54) is 0 Å². The maximum absolute atomic E-state index is 12.4. The second-order valence-electron chi connectivity index (χ2n) is 6.36. The summed E-state index contributed by atoms with van der Waals surface area (Å²) in [5.41, 5.74) is 2.29. The van der Waals surface area contributed by atoms with Gasteiger partial charge < -0.3 is 4.74 Å². The highest BCUT2D eigenvalue weighted by Gasteiger charge is 2.16. The van der Waals surface area contributed by atoms with E-state index in [1.54, 1.807) is 53.2 Å². The molecule has 0 radical (unpaired) electrons. The number of halogens is 1. The third-order valence-corrected chi connectivity index (χ3v) is 7.49. The van der Waals surface area contributed by atoms with Gasteiger partial charge in [-0.05, 0) is 78.3 Å². The van der Waals surface area contributed by atoms with Gasteiger partial charge in [0.05, 0.1) is 9.48 Å². The van der Waals surface area contributed by atoms with Gasteiger partial charge in [-0.1, -0.05) is 0 Å². The van der Waals surface area contributed by atoms with Gasteiger partial charge in [0.1, 0.15) is 9.96 Å². The molecular formula is C19H16BrN5O3S2. The van der Waals surface area contributed by atoms with Crippen molar-refractivity contribution in [1.29, 1.82) is 0 Å². The molecule has 3 aromatic heterocycles. The van der Waals surface area contributed by atoms with Crippen molar-refractivity contribution in [2.45, 2.75) is 18.1 Å². The molecule has 0 spiro atoms. The normalized spacial score (nSPS) is 11.4. The first-order chi connectivity index (χ1) is 14.3. The van der Waals surface area contributed by atoms with Crippen LogP contribution in [0.3, 0.4) is 0 Å². The predicted molar refractivity (Wildman–Crippen MR) is 118 cm³/mol. The van der Waals surface area contributed by atoms with Gasteiger partial charge >= 0.3 is 0 Å². The van der Waals surface area contributed by atoms with E-state index in [0.717, 1.165) is 26.5 Å². The van der Waals surface area contributed by atoms with Crippen molar-refractivity contribution in [1.82, 2.24) is 20.0 Å². The number of thiophene rings is 1. The van der Waals surface area contributed by atoms with Crippen LogP contribution in [0.1, 0.15) is 11.4 Å². The molecular weight excluding hydrogens is 490 g/mol. The monoisotopic (exact) mass is 505 g/mol. The molecule has 30 heavy (non-hydrogen) atoms. The van der Waals surface area contributed by atoms with Crippen LogP contribution in [0.2, 0.25) is 0 Å². The first kappa shape index (κ1) is 20.5. The summed E-state index contributed by atoms with van der Waals surface area (Å²) in [6.45, 7) is 3.86. The molecule has 0 aliphatic carbocycles. The Morgan fingerprint density at radius 3 is 2.37 bits per heavy atom. The van der Waals surface area contributed by atoms with Gasteiger partial charge in [-0.3, -0.25) is 4.72 Å². The molecule has 8 nitrogen and oxygen atoms in total. The Bertz CT molecular complexity index is 1280. The summed E-state index contributed by atoms with van der Waals surface area (Å²) >= 11 is 4.41. The van der Waals surface area contributed by atoms with E-state index in [1.807, 2.05) is 19.9 Å². The Morgan fingerprint density at radius 1 is 1.03 bits per heavy atom. The number of nitrogens with zero attached hydrogens (tertiary/aromatic N) is 4. The number of aryl methyl sites for hydroxylation is 2. The Balaban J connectivity index is 1.44. The Morgan fingerprint density at radius 2 is 1.80 bits per heavy atom. The first-order valence-corrected chi connectivity index (χ1v) is 11.8. The molecule has 0 saturated heterocycles. The van der Waals surface area contributed by atoms with Crippen LogP contribution in [0.15, 0.2) is 62.6 Å². The molecule has 0 unspecified atom stereocenters. The predicted octanol–water partition coefficient (Wildman–Crippen LogP) is 4.70. The Labute approximate surface area is 185 Å². The van der Waals surface area contributed by atoms with Crippen LogP contribution in [0.25, 0.3) is 5.82 Å². The SMILES string of the molecule is Cc1cc(C)n(-c2ccc(Oc3ccc(NS(=O)(=O)c4ccc(Br)s4)cc3)nn2)n1. The second-order valence-corrected chi connectivity index (χ2v) is 10.7. The number of benzene rings is 1. The van der Waals surface area contributed by atoms with Crippen molar-refractivity contribution in [3.05, 3.63) is 69.8 Å². The fraction of sp³-hybridized carbons (Fsp3) is 0.105. The van der Waals surface area contributed by atoms with Crippen molar-refractivity contribution < 1.29 is 13.2 Å². The smallest absolute Gasteiger partial charge is 0.271 e. The minimum absolute atomic E-state index is 0.229. The number of ether oxygens (including phenoxy) is 1. The fourth-order valence-corrected chi connectivity index (χ4v) is 5.77. The largest absolute Gasteiger partial charge is 0.438 e. The summed E-state index contributed by atoms with van der Waals surface area (Å²) in [6, 6.07) is 15.2. The van der Waals surface area contributed by atoms with Crippen LogP contribution in [0.5, 0.6) is 11.6 Å². The van der Waals surface area contributed by atoms with E-state index < -0.39 is 10.0 Å². The molecule has 0 aliphatic heterocycles. The molecule has 11 heteroatoms. The van der Waals surface area contributed by atoms with E-state index >= 15 is 0 Å². The van der Waals surface area contributed by atoms with Crippen LogP contribution >= 0.6 is 27.3 Å². The zero-order valence-corrected chi connectivity index (χ0v) is 19.1. The Hall–Kier alpha value is -2.76. The maximum atomic E-state index is 12.4. The molecule has 154 valence electrons. The number of hydrogen-bond acceptors (Lipinski definition) is 7. The van der Waals surface area contributed by atoms with Crippen molar-refractivity contribution >= 4 is 43.0 Å². The summed E-state index contributed by atoms with van der Waals surface area (Å²) in [6.07, 6.45) is 0. The second kappa shape index (κ2) is 8.17. The van der Waals surface area contributed by atoms with E-state index in [4.69, 9.17) is 4.74 Å². The lowest BCUT2D eigenvalue weighted by Gasteiger charge is -2.08. The highest BCUT2D eigenvalue weighted by atomic mass is 79.9. The number of nitrogens with one attached hydrogen (secondary N) is 1. The molecule has 1 N–H and O–H groups in total. The minimum atomic E-state index is -3.63. The van der Waals surface area contributed by atoms with Crippen molar-refractivity contribution in [3.8, 4) is 17.4 Å². The van der Waals surface area contributed by atoms with Crippen molar-refractivity contribution in [2.75, 3.05) is 4.72 Å². The van der Waals surface area contributed by atoms with Crippen molar-refractivity contribution in [3.63, 3.8) is 0 Å². The zero-order valence-electron chi connectivity index (χ0n) is 15.9. The maximum Gasteiger partial charge on any atom is 0.271 e. The molecule has 0 amide bonds. The zero-order chi connectivity index (χ0) is 21.3. The molecule has 4 rings (SSSR count). The van der Waals surface area contributed by atoms with Crippen LogP contribution in [0, 0.1) is 13.8 Å². The number of aromatic nitrogens is 4. The Kier molecular flexibility index (Phi) is 5.58. The van der Waals surface area contributed by atoms with Gasteiger partial charge in [-0.25, -0.2) is 13.1 Å². The lowest BCUT2D eigenvalue weighted by Crippen LogP contribution is -2.11. The van der Waals surface area contributed by atoms with E-state index in [9.17, 15) is 8.42 Å². The number of anilines is 1. The van der Waals surface area contributed by atoms with Crippen LogP contribution in [-0.2, 0) is 10.0 Å². The average molecular weight is 506 g/mol. The highest BCUT2D eigenvalue weighted by Crippen LogP contribution is 2.28. The van der Waals surface area contributed by atoms with Crippen LogP contribution in [-0.4, -0.2) is 28.4 Å². The molecule has 0 fully saturated rings. The van der Waals surface area contributed by atoms with Gasteiger partial charge in [0.25, 0.3) is 10.0 Å². The van der Waals surface area contributed by atoms with Crippen LogP contribution in [0.4, 0.5) is 5.69 Å². The third kappa shape index (κ3) is 4.53. The molecule has 0 bridgehead atoms. The number of rotatable bonds is 6. The number of sulfonamides is 1. The average Bonchev–Trinajstić information content (AvgIpc) is 3.29. The molecule has 0 saturated carbocycles. The quantitative estimate of drug-likeness (QED) is 0.407. The minimum Gasteiger partial charge on any atom is -0.438 e. The van der Waals surface area contributed by atoms with Crippen LogP contribution < -0.4 is 9.46 Å². The standard InChI is InChI=1S/C19H16BrN5O3S2/c1-12-11-13(2)25(23-12)17-8-9-18(22-21-17)28-15-5-3-14(4-6-15)24-30(26,27)19-10-7-16(20)29-19/h3-11,24H,1-2H3. The lowest BCUT2D eigenvalue weighted by molar-refractivity contribution is 0.454. The van der Waals surface area contributed by atoms with Gasteiger partial charge in [0.2, 0.25) is 5.88 Å². The topological polar surface area (TPSA) is 99.0 Å². The first-order valence-electron chi connectivity index (χ1n) is 8.74. The summed E-state index contributed by atoms with van der Waals surface area (Å²) in [4.78, 5) is 0. The van der Waals surface area contributed by atoms with E-state index in [-0.39, 0.29) is 4.21 Å². The van der Waals surface area contributed by atoms with Gasteiger partial charge in [0, 0.05) is 17.4 Å². The molecule has 1 aromatic carbocycles. The summed E-state index contributed by atoms with van der Waals surface area (Å²) in [7, 11) is -3.63. The lowest BCUT2D eigenvalue weighted by atomic mass is 10.3. The summed E-state index contributed by atoms with van der Waals surface area (Å²) in [5.74, 6) is 1.42. The highest BCUT2D eigenvalue weighted by molar-refractivity contribution is 9.11. The molecule has 0 atom stereocenters. The third-order valence-electron chi connectivity index (χ3n) is 3.99. The van der Waals surface area contributed by atoms with Gasteiger partial charge in [-0.2, -0.15) is 5.10 Å². The number of hydrogen-bond donors (Lipinski definition) is 1. The molecule has 0 aliphatic rings. The van der Waals surface area contributed by atoms with Gasteiger partial charge in [0.15, 0.2) is 5.82 Å². The van der Waals surface area contributed by atoms with E-state index in [0.29, 0.717) is 23.1 Å². The molecule has 3 heterocycles. The van der Waals surface area contributed by atoms with Crippen molar-refractivity contribution in [2.24, 2.45) is 0 Å². The molecule has 4 aromatic rings. The summed E-state index contributed by atoms with van der Waals surface area (Å²) in [5, 5.41) is 12.6. The summed E-state index contributed by atoms with van der Waals surface area (Å²) < 4.78 is 35.7.